The lowest BCUT2D eigenvalue weighted by Gasteiger charge is -2.10. The van der Waals surface area contributed by atoms with E-state index in [2.05, 4.69) is 0 Å². The highest BCUT2D eigenvalue weighted by Crippen LogP contribution is 2.40. The van der Waals surface area contributed by atoms with Gasteiger partial charge in [0.05, 0.1) is 19.8 Å². The molecule has 0 N–H and O–H groups in total. The molecule has 0 aliphatic rings. The predicted molar refractivity (Wildman–Crippen MR) is 127 cm³/mol. The van der Waals surface area contributed by atoms with E-state index in [1.165, 1.54) is 15.3 Å². The zero-order valence-electron chi connectivity index (χ0n) is 16.1. The van der Waals surface area contributed by atoms with Gasteiger partial charge in [-0.3, -0.25) is 0 Å². The van der Waals surface area contributed by atoms with Gasteiger partial charge in [-0.25, -0.2) is 12.4 Å². The van der Waals surface area contributed by atoms with Crippen molar-refractivity contribution < 1.29 is 8.42 Å². The van der Waals surface area contributed by atoms with Crippen LogP contribution in [0.2, 0.25) is 0 Å². The van der Waals surface area contributed by atoms with Crippen molar-refractivity contribution in [2.45, 2.75) is 11.8 Å². The molecule has 0 saturated heterocycles. The molecule has 0 aliphatic heterocycles. The smallest absolute Gasteiger partial charge is 0.232 e. The highest BCUT2D eigenvalue weighted by Gasteiger charge is 2.25. The van der Waals surface area contributed by atoms with Crippen molar-refractivity contribution in [1.82, 2.24) is 3.97 Å². The molecule has 30 heavy (non-hydrogen) atoms. The van der Waals surface area contributed by atoms with Crippen LogP contribution in [-0.4, -0.2) is 12.4 Å². The second-order valence-corrected chi connectivity index (χ2v) is 10.5. The summed E-state index contributed by atoms with van der Waals surface area (Å²) in [6.45, 7) is 1.94. The number of hydrogen-bond donors (Lipinski definition) is 0. The predicted octanol–water partition coefficient (Wildman–Crippen LogP) is 6.80. The van der Waals surface area contributed by atoms with Crippen LogP contribution in [0.25, 0.3) is 32.9 Å². The lowest BCUT2D eigenvalue weighted by atomic mass is 10.0. The Kier molecular flexibility index (Phi) is 4.58. The monoisotopic (exact) mass is 447 g/mol. The average molecular weight is 448 g/mol. The van der Waals surface area contributed by atoms with Gasteiger partial charge >= 0.3 is 0 Å². The Bertz CT molecular complexity index is 1560. The second kappa shape index (κ2) is 7.16. The molecule has 0 unspecified atom stereocenters. The topological polar surface area (TPSA) is 39.1 Å². The van der Waals surface area contributed by atoms with E-state index in [1.54, 1.807) is 12.1 Å². The highest BCUT2D eigenvalue weighted by atomic mass is 32.2. The molecule has 0 fully saturated rings. The van der Waals surface area contributed by atoms with Crippen LogP contribution in [0, 0.1) is 10.7 Å². The Morgan fingerprint density at radius 1 is 0.833 bits per heavy atom. The van der Waals surface area contributed by atoms with Gasteiger partial charge in [0, 0.05) is 21.7 Å². The van der Waals surface area contributed by atoms with Crippen LogP contribution in [-0.2, 0) is 10.0 Å². The molecule has 3 nitrogen and oxygen atoms in total. The number of fused-ring (bicyclic) bond motifs is 3. The zero-order chi connectivity index (χ0) is 20.9. The molecule has 2 heterocycles. The SMILES string of the molecule is Cc1ccc(S(=O)(=O)n2c3ccccc3c3c(-c4ccccc4)c(=S)scc32)cc1. The maximum Gasteiger partial charge on any atom is 0.268 e. The number of aromatic nitrogens is 1. The van der Waals surface area contributed by atoms with E-state index in [4.69, 9.17) is 12.2 Å². The van der Waals surface area contributed by atoms with Crippen LogP contribution in [0.4, 0.5) is 0 Å². The first-order valence-electron chi connectivity index (χ1n) is 9.41. The van der Waals surface area contributed by atoms with Crippen molar-refractivity contribution in [3.63, 3.8) is 0 Å². The van der Waals surface area contributed by atoms with Gasteiger partial charge in [-0.2, -0.15) is 0 Å². The minimum absolute atomic E-state index is 0.268. The molecule has 0 spiro atoms. The van der Waals surface area contributed by atoms with Crippen LogP contribution >= 0.6 is 23.6 Å². The summed E-state index contributed by atoms with van der Waals surface area (Å²) in [5, 5.41) is 3.60. The summed E-state index contributed by atoms with van der Waals surface area (Å²) >= 11 is 7.09. The zero-order valence-corrected chi connectivity index (χ0v) is 18.5. The molecule has 0 aliphatic carbocycles. The molecular formula is C24H17NO2S3. The van der Waals surface area contributed by atoms with Gasteiger partial charge in [-0.15, -0.1) is 11.3 Å². The molecule has 0 bridgehead atoms. The van der Waals surface area contributed by atoms with Crippen molar-refractivity contribution in [3.8, 4) is 11.1 Å². The summed E-state index contributed by atoms with van der Waals surface area (Å²) < 4.78 is 29.6. The lowest BCUT2D eigenvalue weighted by Crippen LogP contribution is -2.12. The first kappa shape index (κ1) is 19.2. The standard InChI is InChI=1S/C24H17NO2S3/c1-16-11-13-18(14-12-16)30(26,27)25-20-10-6-5-9-19(20)23-21(25)15-29-24(28)22(23)17-7-3-2-4-8-17/h2-15H,1H3. The Hall–Kier alpha value is -2.80. The molecule has 5 rings (SSSR count). The third kappa shape index (κ3) is 2.91. The summed E-state index contributed by atoms with van der Waals surface area (Å²) in [7, 11) is -3.79. The molecule has 148 valence electrons. The highest BCUT2D eigenvalue weighted by molar-refractivity contribution is 7.90. The number of hydrogen-bond acceptors (Lipinski definition) is 4. The van der Waals surface area contributed by atoms with Gasteiger partial charge in [0.15, 0.2) is 0 Å². The van der Waals surface area contributed by atoms with Gasteiger partial charge in [0.2, 0.25) is 0 Å². The van der Waals surface area contributed by atoms with Gasteiger partial charge in [0.25, 0.3) is 10.0 Å². The molecular weight excluding hydrogens is 430 g/mol. The van der Waals surface area contributed by atoms with Crippen molar-refractivity contribution in [1.29, 1.82) is 0 Å². The largest absolute Gasteiger partial charge is 0.268 e. The molecule has 0 atom stereocenters. The Labute approximate surface area is 183 Å². The average Bonchev–Trinajstić information content (AvgIpc) is 3.10. The van der Waals surface area contributed by atoms with E-state index in [-0.39, 0.29) is 4.90 Å². The minimum atomic E-state index is -3.79. The first-order chi connectivity index (χ1) is 14.5. The fraction of sp³-hybridized carbons (Fsp3) is 0.0417. The van der Waals surface area contributed by atoms with Gasteiger partial charge < -0.3 is 0 Å². The van der Waals surface area contributed by atoms with Crippen molar-refractivity contribution in [2.75, 3.05) is 0 Å². The van der Waals surface area contributed by atoms with E-state index in [0.717, 1.165) is 31.3 Å². The first-order valence-corrected chi connectivity index (χ1v) is 12.1. The minimum Gasteiger partial charge on any atom is -0.232 e. The Morgan fingerprint density at radius 3 is 2.23 bits per heavy atom. The normalized spacial score (nSPS) is 11.9. The third-order valence-electron chi connectivity index (χ3n) is 5.22. The summed E-state index contributed by atoms with van der Waals surface area (Å²) in [5.41, 5.74) is 4.20. The number of aryl methyl sites for hydroxylation is 1. The van der Waals surface area contributed by atoms with E-state index in [0.29, 0.717) is 11.0 Å². The second-order valence-electron chi connectivity index (χ2n) is 7.12. The Morgan fingerprint density at radius 2 is 1.50 bits per heavy atom. The fourth-order valence-corrected chi connectivity index (χ4v) is 6.54. The van der Waals surface area contributed by atoms with E-state index >= 15 is 0 Å². The van der Waals surface area contributed by atoms with Crippen molar-refractivity contribution in [2.24, 2.45) is 0 Å². The number of benzene rings is 3. The Balaban J connectivity index is 1.95. The lowest BCUT2D eigenvalue weighted by molar-refractivity contribution is 0.590. The maximum absolute atomic E-state index is 13.7. The van der Waals surface area contributed by atoms with Gasteiger partial charge in [-0.05, 0) is 30.7 Å². The van der Waals surface area contributed by atoms with E-state index in [9.17, 15) is 8.42 Å². The van der Waals surface area contributed by atoms with Crippen LogP contribution in [0.3, 0.4) is 0 Å². The van der Waals surface area contributed by atoms with E-state index in [1.807, 2.05) is 79.0 Å². The van der Waals surface area contributed by atoms with Crippen LogP contribution in [0.5, 0.6) is 0 Å². The molecule has 0 amide bonds. The maximum atomic E-state index is 13.7. The van der Waals surface area contributed by atoms with E-state index < -0.39 is 10.0 Å². The molecule has 0 saturated carbocycles. The molecule has 5 aromatic rings. The molecule has 2 aromatic heterocycles. The fourth-order valence-electron chi connectivity index (χ4n) is 3.81. The van der Waals surface area contributed by atoms with Crippen LogP contribution < -0.4 is 0 Å². The van der Waals surface area contributed by atoms with Gasteiger partial charge in [0.1, 0.15) is 0 Å². The number of nitrogens with zero attached hydrogens (tertiary/aromatic N) is 1. The van der Waals surface area contributed by atoms with Crippen LogP contribution in [0.1, 0.15) is 5.56 Å². The quantitative estimate of drug-likeness (QED) is 0.286. The molecule has 0 radical (unpaired) electrons. The van der Waals surface area contributed by atoms with Crippen LogP contribution in [0.15, 0.2) is 89.1 Å². The third-order valence-corrected chi connectivity index (χ3v) is 8.21. The van der Waals surface area contributed by atoms with Gasteiger partial charge in [-0.1, -0.05) is 78.4 Å². The summed E-state index contributed by atoms with van der Waals surface area (Å²) in [6, 6.07) is 24.5. The molecule has 6 heteroatoms. The summed E-state index contributed by atoms with van der Waals surface area (Å²) in [4.78, 5) is 0.268. The summed E-state index contributed by atoms with van der Waals surface area (Å²) in [5.74, 6) is 0. The number of rotatable bonds is 3. The summed E-state index contributed by atoms with van der Waals surface area (Å²) in [6.07, 6.45) is 0. The van der Waals surface area contributed by atoms with Crippen molar-refractivity contribution in [3.05, 3.63) is 93.6 Å². The molecule has 3 aromatic carbocycles. The van der Waals surface area contributed by atoms with Crippen molar-refractivity contribution >= 4 is 55.4 Å². The number of para-hydroxylation sites is 1.